The van der Waals surface area contributed by atoms with Crippen molar-refractivity contribution in [2.45, 2.75) is 18.2 Å². The molecule has 0 radical (unpaired) electrons. The van der Waals surface area contributed by atoms with Crippen molar-refractivity contribution in [2.75, 3.05) is 13.4 Å². The molecule has 6 heteroatoms. The number of nitrogens with zero attached hydrogens (tertiary/aromatic N) is 2. The highest BCUT2D eigenvalue weighted by Gasteiger charge is 2.19. The normalized spacial score (nSPS) is 12.6. The molecule has 0 saturated heterocycles. The first-order valence-electron chi connectivity index (χ1n) is 6.63. The van der Waals surface area contributed by atoms with Crippen molar-refractivity contribution in [3.63, 3.8) is 0 Å². The number of hydrogen-bond acceptors (Lipinski definition) is 5. The molecule has 1 heterocycles. The second-order valence-electron chi connectivity index (χ2n) is 4.64. The molecule has 1 atom stereocenters. The molecular weight excluding hydrogens is 320 g/mol. The smallest absolute Gasteiger partial charge is 0.224 e. The van der Waals surface area contributed by atoms with Gasteiger partial charge in [0.05, 0.1) is 12.7 Å². The van der Waals surface area contributed by atoms with Crippen LogP contribution in [0.5, 0.6) is 5.88 Å². The number of aromatic nitrogens is 2. The minimum Gasteiger partial charge on any atom is -0.481 e. The number of methoxy groups -OCH3 is 1. The Morgan fingerprint density at radius 2 is 1.95 bits per heavy atom. The van der Waals surface area contributed by atoms with E-state index in [1.54, 1.807) is 6.08 Å². The molecule has 0 spiro atoms. The Hall–Kier alpha value is -1.56. The predicted molar refractivity (Wildman–Crippen MR) is 90.5 cm³/mol. The van der Waals surface area contributed by atoms with E-state index < -0.39 is 6.10 Å². The van der Waals surface area contributed by atoms with E-state index in [1.165, 1.54) is 24.4 Å². The van der Waals surface area contributed by atoms with Gasteiger partial charge in [0, 0.05) is 0 Å². The van der Waals surface area contributed by atoms with Crippen molar-refractivity contribution in [3.8, 4) is 5.88 Å². The number of ether oxygens (including phenoxy) is 1. The Morgan fingerprint density at radius 3 is 2.55 bits per heavy atom. The van der Waals surface area contributed by atoms with Crippen molar-refractivity contribution >= 4 is 29.4 Å². The van der Waals surface area contributed by atoms with Crippen molar-refractivity contribution in [2.24, 2.45) is 0 Å². The van der Waals surface area contributed by atoms with E-state index in [1.807, 2.05) is 43.5 Å². The molecule has 0 bridgehead atoms. The van der Waals surface area contributed by atoms with E-state index in [2.05, 4.69) is 9.97 Å². The Labute approximate surface area is 139 Å². The first-order valence-corrected chi connectivity index (χ1v) is 8.23. The third-order valence-corrected chi connectivity index (χ3v) is 3.90. The fourth-order valence-electron chi connectivity index (χ4n) is 1.88. The molecular formula is C16H17ClN2O2S. The highest BCUT2D eigenvalue weighted by Crippen LogP contribution is 2.32. The number of hydrogen-bond donors (Lipinski definition) is 1. The summed E-state index contributed by atoms with van der Waals surface area (Å²) in [5, 5.41) is 11.0. The SMILES string of the molecule is COc1nc(SC)nc(Cl)c1C(O)/C=C/c1ccc(C)cc1. The van der Waals surface area contributed by atoms with Gasteiger partial charge in [-0.3, -0.25) is 0 Å². The van der Waals surface area contributed by atoms with Gasteiger partial charge < -0.3 is 9.84 Å². The van der Waals surface area contributed by atoms with Crippen molar-refractivity contribution < 1.29 is 9.84 Å². The molecule has 0 saturated carbocycles. The summed E-state index contributed by atoms with van der Waals surface area (Å²) in [6.45, 7) is 2.03. The first-order chi connectivity index (χ1) is 10.5. The van der Waals surface area contributed by atoms with E-state index in [4.69, 9.17) is 16.3 Å². The highest BCUT2D eigenvalue weighted by atomic mass is 35.5. The molecule has 1 unspecified atom stereocenters. The largest absolute Gasteiger partial charge is 0.481 e. The van der Waals surface area contributed by atoms with Crippen LogP contribution in [-0.2, 0) is 0 Å². The highest BCUT2D eigenvalue weighted by molar-refractivity contribution is 7.98. The third-order valence-electron chi connectivity index (χ3n) is 3.06. The fourth-order valence-corrected chi connectivity index (χ4v) is 2.56. The topological polar surface area (TPSA) is 55.2 Å². The second-order valence-corrected chi connectivity index (χ2v) is 5.77. The lowest BCUT2D eigenvalue weighted by molar-refractivity contribution is 0.221. The summed E-state index contributed by atoms with van der Waals surface area (Å²) in [5.74, 6) is 0.283. The number of rotatable bonds is 5. The fraction of sp³-hybridized carbons (Fsp3) is 0.250. The van der Waals surface area contributed by atoms with Crippen LogP contribution in [0.3, 0.4) is 0 Å². The summed E-state index contributed by atoms with van der Waals surface area (Å²) >= 11 is 7.51. The minimum absolute atomic E-state index is 0.192. The quantitative estimate of drug-likeness (QED) is 0.509. The van der Waals surface area contributed by atoms with Crippen LogP contribution in [-0.4, -0.2) is 28.4 Å². The molecule has 0 aliphatic carbocycles. The van der Waals surface area contributed by atoms with E-state index in [0.717, 1.165) is 5.56 Å². The first kappa shape index (κ1) is 16.8. The Bertz CT molecular complexity index is 675. The zero-order chi connectivity index (χ0) is 16.1. The van der Waals surface area contributed by atoms with Gasteiger partial charge in [0.15, 0.2) is 5.16 Å². The van der Waals surface area contributed by atoms with Crippen molar-refractivity contribution in [1.29, 1.82) is 0 Å². The Kier molecular flexibility index (Phi) is 5.83. The lowest BCUT2D eigenvalue weighted by Gasteiger charge is -2.13. The lowest BCUT2D eigenvalue weighted by atomic mass is 10.1. The van der Waals surface area contributed by atoms with Crippen LogP contribution < -0.4 is 4.74 Å². The number of halogens is 1. The van der Waals surface area contributed by atoms with Crippen molar-refractivity contribution in [1.82, 2.24) is 9.97 Å². The van der Waals surface area contributed by atoms with Crippen LogP contribution in [0.2, 0.25) is 5.15 Å². The van der Waals surface area contributed by atoms with E-state index >= 15 is 0 Å². The summed E-state index contributed by atoms with van der Waals surface area (Å²) in [4.78, 5) is 8.34. The van der Waals surface area contributed by atoms with Gasteiger partial charge in [0.2, 0.25) is 5.88 Å². The second kappa shape index (κ2) is 7.63. The molecule has 1 aromatic carbocycles. The summed E-state index contributed by atoms with van der Waals surface area (Å²) in [7, 11) is 1.49. The molecule has 0 aliphatic rings. The maximum absolute atomic E-state index is 10.4. The van der Waals surface area contributed by atoms with Gasteiger partial charge in [0.1, 0.15) is 11.3 Å². The maximum atomic E-state index is 10.4. The average Bonchev–Trinajstić information content (AvgIpc) is 2.53. The Morgan fingerprint density at radius 1 is 1.27 bits per heavy atom. The molecule has 2 rings (SSSR count). The molecule has 2 aromatic rings. The monoisotopic (exact) mass is 336 g/mol. The molecule has 0 amide bonds. The van der Waals surface area contributed by atoms with Gasteiger partial charge >= 0.3 is 0 Å². The predicted octanol–water partition coefficient (Wildman–Crippen LogP) is 3.92. The number of thioether (sulfide) groups is 1. The molecule has 1 N–H and O–H groups in total. The van der Waals surface area contributed by atoms with Crippen LogP contribution in [0.1, 0.15) is 22.8 Å². The molecule has 4 nitrogen and oxygen atoms in total. The van der Waals surface area contributed by atoms with Crippen LogP contribution in [0.4, 0.5) is 0 Å². The van der Waals surface area contributed by atoms with E-state index in [-0.39, 0.29) is 11.0 Å². The van der Waals surface area contributed by atoms with Gasteiger partial charge in [-0.1, -0.05) is 65.3 Å². The van der Waals surface area contributed by atoms with E-state index in [0.29, 0.717) is 10.7 Å². The number of aliphatic hydroxyl groups is 1. The molecule has 116 valence electrons. The minimum atomic E-state index is -0.945. The molecule has 0 fully saturated rings. The van der Waals surface area contributed by atoms with Crippen LogP contribution in [0.25, 0.3) is 6.08 Å². The molecule has 0 aliphatic heterocycles. The summed E-state index contributed by atoms with van der Waals surface area (Å²) in [5.41, 5.74) is 2.54. The van der Waals surface area contributed by atoms with Gasteiger partial charge in [-0.15, -0.1) is 0 Å². The van der Waals surface area contributed by atoms with E-state index in [9.17, 15) is 5.11 Å². The third kappa shape index (κ3) is 4.00. The molecule has 1 aromatic heterocycles. The standard InChI is InChI=1S/C16H17ClN2O2S/c1-10-4-6-11(7-5-10)8-9-12(20)13-14(17)18-16(22-3)19-15(13)21-2/h4-9,12,20H,1-3H3/b9-8+. The number of aliphatic hydroxyl groups excluding tert-OH is 1. The molecule has 22 heavy (non-hydrogen) atoms. The number of benzene rings is 1. The lowest BCUT2D eigenvalue weighted by Crippen LogP contribution is -2.04. The van der Waals surface area contributed by atoms with Crippen molar-refractivity contribution in [3.05, 3.63) is 52.2 Å². The number of aryl methyl sites for hydroxylation is 1. The van der Waals surface area contributed by atoms with Crippen LogP contribution in [0, 0.1) is 6.92 Å². The summed E-state index contributed by atoms with van der Waals surface area (Å²) < 4.78 is 5.21. The summed E-state index contributed by atoms with van der Waals surface area (Å²) in [6.07, 6.45) is 4.36. The van der Waals surface area contributed by atoms with Gasteiger partial charge in [-0.25, -0.2) is 4.98 Å². The zero-order valence-corrected chi connectivity index (χ0v) is 14.1. The van der Waals surface area contributed by atoms with Crippen LogP contribution >= 0.6 is 23.4 Å². The Balaban J connectivity index is 2.28. The van der Waals surface area contributed by atoms with Crippen LogP contribution in [0.15, 0.2) is 35.5 Å². The average molecular weight is 337 g/mol. The van der Waals surface area contributed by atoms with Gasteiger partial charge in [-0.05, 0) is 18.7 Å². The maximum Gasteiger partial charge on any atom is 0.224 e. The van der Waals surface area contributed by atoms with Gasteiger partial charge in [-0.2, -0.15) is 4.98 Å². The van der Waals surface area contributed by atoms with Gasteiger partial charge in [0.25, 0.3) is 0 Å². The zero-order valence-electron chi connectivity index (χ0n) is 12.6. The summed E-state index contributed by atoms with van der Waals surface area (Å²) in [6, 6.07) is 7.97.